The van der Waals surface area contributed by atoms with Gasteiger partial charge in [-0.05, 0) is 29.8 Å². The van der Waals surface area contributed by atoms with Crippen LogP contribution >= 0.6 is 27.3 Å². The normalized spacial score (nSPS) is 11.3. The minimum absolute atomic E-state index is 0.243. The van der Waals surface area contributed by atoms with E-state index in [2.05, 4.69) is 33.0 Å². The lowest BCUT2D eigenvalue weighted by Gasteiger charge is -2.06. The molecule has 3 rings (SSSR count). The molecule has 3 aromatic rings. The first-order chi connectivity index (χ1) is 12.2. The molecule has 1 N–H and O–H groups in total. The Morgan fingerprint density at radius 3 is 2.60 bits per heavy atom. The van der Waals surface area contributed by atoms with Crippen molar-refractivity contribution in [2.75, 3.05) is 0 Å². The highest BCUT2D eigenvalue weighted by Crippen LogP contribution is 2.19. The van der Waals surface area contributed by atoms with Gasteiger partial charge in [0, 0.05) is 22.0 Å². The maximum Gasteiger partial charge on any atom is 0.271 e. The third kappa shape index (κ3) is 4.15. The van der Waals surface area contributed by atoms with Gasteiger partial charge in [-0.1, -0.05) is 52.3 Å². The molecule has 0 aliphatic heterocycles. The summed E-state index contributed by atoms with van der Waals surface area (Å²) in [7, 11) is 0. The van der Waals surface area contributed by atoms with E-state index < -0.39 is 0 Å². The Bertz CT molecular complexity index is 943. The third-order valence-electron chi connectivity index (χ3n) is 3.54. The fourth-order valence-corrected chi connectivity index (χ4v) is 3.47. The van der Waals surface area contributed by atoms with Crippen LogP contribution in [0.3, 0.4) is 0 Å². The minimum atomic E-state index is -0.243. The van der Waals surface area contributed by atoms with Crippen molar-refractivity contribution in [3.63, 3.8) is 0 Å². The number of amides is 1. The van der Waals surface area contributed by atoms with Crippen LogP contribution in [0.4, 0.5) is 0 Å². The minimum Gasteiger partial charge on any atom is -0.311 e. The van der Waals surface area contributed by atoms with Gasteiger partial charge in [-0.25, -0.2) is 5.43 Å². The Labute approximate surface area is 158 Å². The number of carbonyl (C=O) groups is 1. The average molecular weight is 414 g/mol. The van der Waals surface area contributed by atoms with E-state index in [0.717, 1.165) is 15.7 Å². The number of aromatic nitrogens is 1. The fraction of sp³-hybridized carbons (Fsp3) is 0.0526. The molecule has 0 atom stereocenters. The molecule has 1 heterocycles. The third-order valence-corrected chi connectivity index (χ3v) is 4.93. The standard InChI is InChI=1S/C19H16BrN3OS/c1-2-12-23-17(14-6-4-3-5-7-14)13-25-19(23)22-21-18(24)15-8-10-16(20)11-9-15/h2-11,13H,1,12H2,(H,21,24)/b22-19+. The molecule has 0 radical (unpaired) electrons. The SMILES string of the molecule is C=CCn1c(-c2ccccc2)cs/c1=N/NC(=O)c1ccc(Br)cc1. The van der Waals surface area contributed by atoms with Crippen molar-refractivity contribution < 1.29 is 4.79 Å². The number of nitrogens with zero attached hydrogens (tertiary/aromatic N) is 2. The molecule has 1 amide bonds. The van der Waals surface area contributed by atoms with Crippen molar-refractivity contribution >= 4 is 33.2 Å². The van der Waals surface area contributed by atoms with E-state index >= 15 is 0 Å². The molecule has 6 heteroatoms. The lowest BCUT2D eigenvalue weighted by Crippen LogP contribution is -2.24. The Balaban J connectivity index is 1.90. The predicted molar refractivity (Wildman–Crippen MR) is 105 cm³/mol. The Morgan fingerprint density at radius 2 is 1.92 bits per heavy atom. The van der Waals surface area contributed by atoms with E-state index in [1.54, 1.807) is 12.1 Å². The van der Waals surface area contributed by atoms with Crippen molar-refractivity contribution in [1.29, 1.82) is 0 Å². The molecule has 25 heavy (non-hydrogen) atoms. The summed E-state index contributed by atoms with van der Waals surface area (Å²) in [4.78, 5) is 12.9. The highest BCUT2D eigenvalue weighted by atomic mass is 79.9. The van der Waals surface area contributed by atoms with E-state index in [1.165, 1.54) is 11.3 Å². The summed E-state index contributed by atoms with van der Waals surface area (Å²) >= 11 is 4.83. The van der Waals surface area contributed by atoms with Crippen molar-refractivity contribution in [3.05, 3.63) is 87.5 Å². The van der Waals surface area contributed by atoms with E-state index in [1.807, 2.05) is 58.5 Å². The molecule has 4 nitrogen and oxygen atoms in total. The van der Waals surface area contributed by atoms with Gasteiger partial charge < -0.3 is 4.57 Å². The van der Waals surface area contributed by atoms with Crippen molar-refractivity contribution in [2.45, 2.75) is 6.54 Å². The first-order valence-corrected chi connectivity index (χ1v) is 9.30. The zero-order chi connectivity index (χ0) is 17.6. The van der Waals surface area contributed by atoms with Crippen LogP contribution in [0, 0.1) is 0 Å². The maximum absolute atomic E-state index is 12.2. The summed E-state index contributed by atoms with van der Waals surface area (Å²) in [5.41, 5.74) is 5.32. The first kappa shape index (κ1) is 17.4. The lowest BCUT2D eigenvalue weighted by atomic mass is 10.2. The molecule has 0 saturated heterocycles. The number of nitrogens with one attached hydrogen (secondary N) is 1. The second-order valence-electron chi connectivity index (χ2n) is 5.23. The van der Waals surface area contributed by atoms with Crippen LogP contribution in [0.15, 0.2) is 82.2 Å². The van der Waals surface area contributed by atoms with E-state index in [-0.39, 0.29) is 5.91 Å². The van der Waals surface area contributed by atoms with Gasteiger partial charge >= 0.3 is 0 Å². The zero-order valence-corrected chi connectivity index (χ0v) is 15.8. The van der Waals surface area contributed by atoms with Crippen LogP contribution in [0.5, 0.6) is 0 Å². The fourth-order valence-electron chi connectivity index (χ4n) is 2.33. The summed E-state index contributed by atoms with van der Waals surface area (Å²) < 4.78 is 2.95. The van der Waals surface area contributed by atoms with Gasteiger partial charge in [0.15, 0.2) is 0 Å². The monoisotopic (exact) mass is 413 g/mol. The van der Waals surface area contributed by atoms with Gasteiger partial charge in [-0.15, -0.1) is 23.0 Å². The summed E-state index contributed by atoms with van der Waals surface area (Å²) in [5, 5.41) is 6.32. The number of halogens is 1. The van der Waals surface area contributed by atoms with Crippen molar-refractivity contribution in [3.8, 4) is 11.3 Å². The molecule has 1 aromatic heterocycles. The number of thiazole rings is 1. The maximum atomic E-state index is 12.2. The Morgan fingerprint density at radius 1 is 1.20 bits per heavy atom. The highest BCUT2D eigenvalue weighted by Gasteiger charge is 2.08. The molecular formula is C19H16BrN3OS. The molecule has 0 bridgehead atoms. The molecule has 0 aliphatic rings. The molecule has 126 valence electrons. The van der Waals surface area contributed by atoms with E-state index in [0.29, 0.717) is 16.9 Å². The van der Waals surface area contributed by atoms with Crippen molar-refractivity contribution in [2.24, 2.45) is 5.10 Å². The number of allylic oxidation sites excluding steroid dienone is 1. The first-order valence-electron chi connectivity index (χ1n) is 7.63. The summed E-state index contributed by atoms with van der Waals surface area (Å²) in [6.45, 7) is 4.42. The van der Waals surface area contributed by atoms with Crippen molar-refractivity contribution in [1.82, 2.24) is 9.99 Å². The predicted octanol–water partition coefficient (Wildman–Crippen LogP) is 4.41. The molecule has 0 fully saturated rings. The van der Waals surface area contributed by atoms with Gasteiger partial charge in [-0.2, -0.15) is 0 Å². The number of rotatable bonds is 5. The second kappa shape index (κ2) is 8.09. The van der Waals surface area contributed by atoms with Crippen LogP contribution in [-0.4, -0.2) is 10.5 Å². The van der Waals surface area contributed by atoms with Gasteiger partial charge in [0.25, 0.3) is 5.91 Å². The smallest absolute Gasteiger partial charge is 0.271 e. The molecule has 0 saturated carbocycles. The topological polar surface area (TPSA) is 46.4 Å². The van der Waals surface area contributed by atoms with Crippen LogP contribution in [0.2, 0.25) is 0 Å². The van der Waals surface area contributed by atoms with E-state index in [9.17, 15) is 4.79 Å². The molecule has 0 unspecified atom stereocenters. The van der Waals surface area contributed by atoms with Gasteiger partial charge in [0.2, 0.25) is 4.80 Å². The molecule has 2 aromatic carbocycles. The second-order valence-corrected chi connectivity index (χ2v) is 6.98. The number of carbonyl (C=O) groups excluding carboxylic acids is 1. The summed E-state index contributed by atoms with van der Waals surface area (Å²) in [5.74, 6) is -0.243. The van der Waals surface area contributed by atoms with Gasteiger partial charge in [0.1, 0.15) is 0 Å². The van der Waals surface area contributed by atoms with Gasteiger partial charge in [0.05, 0.1) is 5.69 Å². The van der Waals surface area contributed by atoms with Crippen LogP contribution < -0.4 is 10.2 Å². The molecule has 0 spiro atoms. The zero-order valence-electron chi connectivity index (χ0n) is 13.4. The Kier molecular flexibility index (Phi) is 5.63. The van der Waals surface area contributed by atoms with E-state index in [4.69, 9.17) is 0 Å². The van der Waals surface area contributed by atoms with Gasteiger partial charge in [-0.3, -0.25) is 4.79 Å². The highest BCUT2D eigenvalue weighted by molar-refractivity contribution is 9.10. The number of hydrogen-bond acceptors (Lipinski definition) is 3. The summed E-state index contributed by atoms with van der Waals surface area (Å²) in [6.07, 6.45) is 1.81. The van der Waals surface area contributed by atoms with Crippen LogP contribution in [0.1, 0.15) is 10.4 Å². The van der Waals surface area contributed by atoms with Crippen LogP contribution in [0.25, 0.3) is 11.3 Å². The van der Waals surface area contributed by atoms with Crippen LogP contribution in [-0.2, 0) is 6.54 Å². The number of benzene rings is 2. The number of hydrogen-bond donors (Lipinski definition) is 1. The lowest BCUT2D eigenvalue weighted by molar-refractivity contribution is 0.0953. The Hall–Kier alpha value is -2.44. The molecule has 0 aliphatic carbocycles. The average Bonchev–Trinajstić information content (AvgIpc) is 3.04. The largest absolute Gasteiger partial charge is 0.311 e. The quantitative estimate of drug-likeness (QED) is 0.488. The molecular weight excluding hydrogens is 398 g/mol. The summed E-state index contributed by atoms with van der Waals surface area (Å²) in [6, 6.07) is 17.2.